The van der Waals surface area contributed by atoms with Gasteiger partial charge in [-0.2, -0.15) is 0 Å². The zero-order chi connectivity index (χ0) is 12.3. The van der Waals surface area contributed by atoms with Crippen molar-refractivity contribution in [2.75, 3.05) is 26.2 Å². The summed E-state index contributed by atoms with van der Waals surface area (Å²) >= 11 is 0. The molecule has 17 heavy (non-hydrogen) atoms. The fourth-order valence-corrected chi connectivity index (χ4v) is 2.86. The van der Waals surface area contributed by atoms with Crippen LogP contribution in [0, 0.1) is 5.41 Å². The maximum absolute atomic E-state index is 12.2. The van der Waals surface area contributed by atoms with E-state index in [4.69, 9.17) is 5.73 Å². The molecule has 4 nitrogen and oxygen atoms in total. The summed E-state index contributed by atoms with van der Waals surface area (Å²) in [7, 11) is 0. The van der Waals surface area contributed by atoms with Gasteiger partial charge in [0.25, 0.3) is 0 Å². The van der Waals surface area contributed by atoms with Gasteiger partial charge in [0.2, 0.25) is 5.91 Å². The van der Waals surface area contributed by atoms with Crippen LogP contribution in [0.4, 0.5) is 0 Å². The molecule has 0 unspecified atom stereocenters. The summed E-state index contributed by atoms with van der Waals surface area (Å²) in [6, 6.07) is 0.370. The average Bonchev–Trinajstić information content (AvgIpc) is 2.29. The molecule has 1 saturated heterocycles. The van der Waals surface area contributed by atoms with Crippen LogP contribution >= 0.6 is 0 Å². The van der Waals surface area contributed by atoms with E-state index in [-0.39, 0.29) is 11.3 Å². The van der Waals surface area contributed by atoms with Gasteiger partial charge in [0.05, 0.1) is 5.41 Å². The Hall–Kier alpha value is -0.610. The molecular formula is C13H25N3O. The summed E-state index contributed by atoms with van der Waals surface area (Å²) in [4.78, 5) is 14.6. The number of nitrogens with two attached hydrogens (primary N) is 1. The second-order valence-corrected chi connectivity index (χ2v) is 5.52. The van der Waals surface area contributed by atoms with Crippen LogP contribution in [0.1, 0.15) is 39.0 Å². The first-order valence-corrected chi connectivity index (χ1v) is 6.93. The third kappa shape index (κ3) is 2.63. The maximum Gasteiger partial charge on any atom is 0.227 e. The van der Waals surface area contributed by atoms with Crippen LogP contribution in [0.15, 0.2) is 0 Å². The van der Waals surface area contributed by atoms with Gasteiger partial charge in [-0.3, -0.25) is 4.79 Å². The van der Waals surface area contributed by atoms with Crippen molar-refractivity contribution in [3.63, 3.8) is 0 Å². The van der Waals surface area contributed by atoms with E-state index in [1.54, 1.807) is 0 Å². The minimum Gasteiger partial charge on any atom is -0.353 e. The first-order chi connectivity index (χ1) is 8.20. The number of likely N-dealkylation sites (tertiary alicyclic amines) is 1. The summed E-state index contributed by atoms with van der Waals surface area (Å²) in [6.07, 6.45) is 5.27. The predicted octanol–water partition coefficient (Wildman–Crippen LogP) is 0.716. The molecule has 0 spiro atoms. The van der Waals surface area contributed by atoms with E-state index in [0.29, 0.717) is 12.6 Å². The van der Waals surface area contributed by atoms with Gasteiger partial charge in [-0.15, -0.1) is 0 Å². The molecule has 0 aromatic carbocycles. The second-order valence-electron chi connectivity index (χ2n) is 5.52. The Balaban J connectivity index is 1.79. The van der Waals surface area contributed by atoms with Crippen LogP contribution in [-0.4, -0.2) is 43.0 Å². The number of nitrogens with zero attached hydrogens (tertiary/aromatic N) is 1. The molecule has 0 radical (unpaired) electrons. The van der Waals surface area contributed by atoms with Crippen LogP contribution in [-0.2, 0) is 4.79 Å². The lowest BCUT2D eigenvalue weighted by atomic mass is 9.68. The first kappa shape index (κ1) is 12.8. The number of carbonyl (C=O) groups is 1. The minimum atomic E-state index is -0.220. The Labute approximate surface area is 104 Å². The summed E-state index contributed by atoms with van der Waals surface area (Å²) in [6.45, 7) is 6.03. The highest BCUT2D eigenvalue weighted by molar-refractivity contribution is 5.84. The molecule has 0 bridgehead atoms. The Morgan fingerprint density at radius 2 is 2.06 bits per heavy atom. The highest BCUT2D eigenvalue weighted by Gasteiger charge is 2.43. The molecule has 1 heterocycles. The van der Waals surface area contributed by atoms with Crippen molar-refractivity contribution in [2.24, 2.45) is 11.1 Å². The largest absolute Gasteiger partial charge is 0.353 e. The predicted molar refractivity (Wildman–Crippen MR) is 68.6 cm³/mol. The number of piperidine rings is 1. The van der Waals surface area contributed by atoms with Crippen molar-refractivity contribution in [1.29, 1.82) is 0 Å². The fraction of sp³-hybridized carbons (Fsp3) is 0.923. The highest BCUT2D eigenvalue weighted by atomic mass is 16.2. The SMILES string of the molecule is CCN1CCC(NC(=O)C2(CN)CCC2)CC1. The maximum atomic E-state index is 12.2. The molecule has 3 N–H and O–H groups in total. The number of hydrogen-bond donors (Lipinski definition) is 2. The molecule has 2 fully saturated rings. The van der Waals surface area contributed by atoms with Gasteiger partial charge < -0.3 is 16.0 Å². The average molecular weight is 239 g/mol. The standard InChI is InChI=1S/C13H25N3O/c1-2-16-8-4-11(5-9-16)15-12(17)13(10-14)6-3-7-13/h11H,2-10,14H2,1H3,(H,15,17). The number of carbonyl (C=O) groups excluding carboxylic acids is 1. The quantitative estimate of drug-likeness (QED) is 0.760. The van der Waals surface area contributed by atoms with Crippen molar-refractivity contribution in [1.82, 2.24) is 10.2 Å². The third-order valence-corrected chi connectivity index (χ3v) is 4.55. The van der Waals surface area contributed by atoms with Crippen molar-refractivity contribution in [2.45, 2.75) is 45.1 Å². The monoisotopic (exact) mass is 239 g/mol. The number of hydrogen-bond acceptors (Lipinski definition) is 3. The summed E-state index contributed by atoms with van der Waals surface area (Å²) in [5.74, 6) is 0.209. The van der Waals surface area contributed by atoms with Gasteiger partial charge in [-0.05, 0) is 32.2 Å². The van der Waals surface area contributed by atoms with Crippen LogP contribution < -0.4 is 11.1 Å². The third-order valence-electron chi connectivity index (χ3n) is 4.55. The fourth-order valence-electron chi connectivity index (χ4n) is 2.86. The Morgan fingerprint density at radius 1 is 1.41 bits per heavy atom. The molecule has 4 heteroatoms. The topological polar surface area (TPSA) is 58.4 Å². The zero-order valence-electron chi connectivity index (χ0n) is 10.9. The first-order valence-electron chi connectivity index (χ1n) is 6.93. The van der Waals surface area contributed by atoms with Crippen molar-refractivity contribution >= 4 is 5.91 Å². The lowest BCUT2D eigenvalue weighted by Gasteiger charge is -2.41. The summed E-state index contributed by atoms with van der Waals surface area (Å²) in [5, 5.41) is 3.21. The minimum absolute atomic E-state index is 0.209. The van der Waals surface area contributed by atoms with Crippen molar-refractivity contribution in [3.8, 4) is 0 Å². The molecular weight excluding hydrogens is 214 g/mol. The lowest BCUT2D eigenvalue weighted by Crippen LogP contribution is -2.54. The van der Waals surface area contributed by atoms with E-state index in [1.165, 1.54) is 0 Å². The van der Waals surface area contributed by atoms with E-state index in [2.05, 4.69) is 17.1 Å². The molecule has 1 saturated carbocycles. The van der Waals surface area contributed by atoms with Crippen LogP contribution in [0.3, 0.4) is 0 Å². The van der Waals surface area contributed by atoms with Gasteiger partial charge in [0, 0.05) is 25.7 Å². The van der Waals surface area contributed by atoms with Gasteiger partial charge in [0.1, 0.15) is 0 Å². The number of rotatable bonds is 4. The number of nitrogens with one attached hydrogen (secondary N) is 1. The van der Waals surface area contributed by atoms with E-state index >= 15 is 0 Å². The van der Waals surface area contributed by atoms with Crippen LogP contribution in [0.5, 0.6) is 0 Å². The molecule has 1 aliphatic carbocycles. The molecule has 1 amide bonds. The lowest BCUT2D eigenvalue weighted by molar-refractivity contribution is -0.136. The normalized spacial score (nSPS) is 25.3. The molecule has 0 aromatic heterocycles. The molecule has 98 valence electrons. The molecule has 0 atom stereocenters. The smallest absolute Gasteiger partial charge is 0.227 e. The van der Waals surface area contributed by atoms with Crippen molar-refractivity contribution in [3.05, 3.63) is 0 Å². The highest BCUT2D eigenvalue weighted by Crippen LogP contribution is 2.40. The Kier molecular flexibility index (Phi) is 4.05. The summed E-state index contributed by atoms with van der Waals surface area (Å²) < 4.78 is 0. The van der Waals surface area contributed by atoms with E-state index < -0.39 is 0 Å². The van der Waals surface area contributed by atoms with E-state index in [0.717, 1.165) is 51.7 Å². The summed E-state index contributed by atoms with van der Waals surface area (Å²) in [5.41, 5.74) is 5.53. The molecule has 1 aliphatic heterocycles. The molecule has 2 aliphatic rings. The number of amides is 1. The van der Waals surface area contributed by atoms with Crippen molar-refractivity contribution < 1.29 is 4.79 Å². The Morgan fingerprint density at radius 3 is 2.47 bits per heavy atom. The second kappa shape index (κ2) is 5.36. The molecule has 0 aromatic rings. The van der Waals surface area contributed by atoms with E-state index in [1.807, 2.05) is 0 Å². The van der Waals surface area contributed by atoms with Crippen LogP contribution in [0.25, 0.3) is 0 Å². The van der Waals surface area contributed by atoms with Gasteiger partial charge in [-0.25, -0.2) is 0 Å². The molecule has 2 rings (SSSR count). The van der Waals surface area contributed by atoms with E-state index in [9.17, 15) is 4.79 Å². The van der Waals surface area contributed by atoms with Crippen LogP contribution in [0.2, 0.25) is 0 Å². The Bertz CT molecular complexity index is 262. The van der Waals surface area contributed by atoms with Gasteiger partial charge >= 0.3 is 0 Å². The van der Waals surface area contributed by atoms with Gasteiger partial charge in [0.15, 0.2) is 0 Å². The van der Waals surface area contributed by atoms with Gasteiger partial charge in [-0.1, -0.05) is 13.3 Å². The zero-order valence-corrected chi connectivity index (χ0v) is 10.9.